The second kappa shape index (κ2) is 15.5. The Morgan fingerprint density at radius 1 is 1.07 bits per heavy atom. The Morgan fingerprint density at radius 2 is 1.83 bits per heavy atom. The third-order valence-corrected chi connectivity index (χ3v) is 5.97. The molecule has 0 aliphatic heterocycles. The van der Waals surface area contributed by atoms with Crippen LogP contribution in [-0.2, 0) is 9.59 Å². The summed E-state index contributed by atoms with van der Waals surface area (Å²) in [5, 5.41) is 18.2. The Labute approximate surface area is 246 Å². The maximum atomic E-state index is 12.8. The van der Waals surface area contributed by atoms with E-state index in [4.69, 9.17) is 5.26 Å². The van der Waals surface area contributed by atoms with Crippen molar-refractivity contribution in [3.8, 4) is 17.9 Å². The Hall–Kier alpha value is -5.26. The minimum absolute atomic E-state index is 0.264. The van der Waals surface area contributed by atoms with Crippen molar-refractivity contribution in [3.63, 3.8) is 0 Å². The van der Waals surface area contributed by atoms with Crippen LogP contribution in [0.15, 0.2) is 60.8 Å². The van der Waals surface area contributed by atoms with Crippen LogP contribution >= 0.6 is 0 Å². The monoisotopic (exact) mass is 565 g/mol. The molecule has 3 N–H and O–H groups in total. The van der Waals surface area contributed by atoms with Crippen molar-refractivity contribution >= 4 is 35.1 Å². The van der Waals surface area contributed by atoms with Crippen molar-refractivity contribution in [1.29, 1.82) is 5.26 Å². The lowest BCUT2D eigenvalue weighted by Gasteiger charge is -2.22. The summed E-state index contributed by atoms with van der Waals surface area (Å²) in [6, 6.07) is 13.5. The average molecular weight is 566 g/mol. The SMILES string of the molecule is CCCNc1nc(Nc2ccc(C#N)cc2)ncc1C#Cc1cccc(NC(=O)[C@H](C)N(C)C(=O)C=CCN(C)C)n1. The molecular formula is C31H35N9O2. The number of hydrogen-bond acceptors (Lipinski definition) is 9. The molecule has 2 heterocycles. The van der Waals surface area contributed by atoms with Crippen molar-refractivity contribution in [2.24, 2.45) is 0 Å². The van der Waals surface area contributed by atoms with Gasteiger partial charge in [-0.25, -0.2) is 9.97 Å². The minimum Gasteiger partial charge on any atom is -0.369 e. The molecule has 3 aromatic rings. The van der Waals surface area contributed by atoms with Crippen LogP contribution in [0, 0.1) is 23.2 Å². The van der Waals surface area contributed by atoms with E-state index in [9.17, 15) is 9.59 Å². The standard InChI is InChI=1S/C31H35N9O2/c1-6-18-33-29-24(21-34-31(38-29)36-26-15-12-23(20-32)13-16-26)14-17-25-9-7-10-27(35-25)37-30(42)22(2)40(5)28(41)11-8-19-39(3)4/h7-13,15-16,21-22H,6,18-19H2,1-5H3,(H,35,37,42)(H2,33,34,36,38)/t22-/m0/s1. The summed E-state index contributed by atoms with van der Waals surface area (Å²) in [7, 11) is 5.40. The molecule has 42 heavy (non-hydrogen) atoms. The van der Waals surface area contributed by atoms with E-state index in [1.807, 2.05) is 19.0 Å². The maximum Gasteiger partial charge on any atom is 0.248 e. The predicted octanol–water partition coefficient (Wildman–Crippen LogP) is 3.61. The number of nitriles is 1. The minimum atomic E-state index is -0.709. The van der Waals surface area contributed by atoms with Crippen molar-refractivity contribution in [3.05, 3.63) is 77.6 Å². The summed E-state index contributed by atoms with van der Waals surface area (Å²) >= 11 is 0. The zero-order valence-corrected chi connectivity index (χ0v) is 24.5. The second-order valence-electron chi connectivity index (χ2n) is 9.63. The number of benzene rings is 1. The lowest BCUT2D eigenvalue weighted by atomic mass is 10.2. The van der Waals surface area contributed by atoms with Crippen molar-refractivity contribution in [1.82, 2.24) is 24.8 Å². The smallest absolute Gasteiger partial charge is 0.248 e. The van der Waals surface area contributed by atoms with Crippen molar-refractivity contribution in [2.75, 3.05) is 50.2 Å². The number of anilines is 4. The summed E-state index contributed by atoms with van der Waals surface area (Å²) in [5.41, 5.74) is 2.34. The van der Waals surface area contributed by atoms with Gasteiger partial charge in [0.2, 0.25) is 17.8 Å². The molecule has 1 aromatic carbocycles. The summed E-state index contributed by atoms with van der Waals surface area (Å²) in [5.74, 6) is 6.73. The third-order valence-electron chi connectivity index (χ3n) is 5.97. The number of amides is 2. The zero-order valence-electron chi connectivity index (χ0n) is 24.5. The van der Waals surface area contributed by atoms with Gasteiger partial charge in [-0.3, -0.25) is 9.59 Å². The van der Waals surface area contributed by atoms with Crippen molar-refractivity contribution in [2.45, 2.75) is 26.3 Å². The molecular weight excluding hydrogens is 530 g/mol. The number of carbonyl (C=O) groups excluding carboxylic acids is 2. The van der Waals surface area contributed by atoms with Crippen LogP contribution in [0.2, 0.25) is 0 Å². The Bertz CT molecular complexity index is 1520. The number of hydrogen-bond donors (Lipinski definition) is 3. The fourth-order valence-corrected chi connectivity index (χ4v) is 3.45. The van der Waals surface area contributed by atoms with Crippen LogP contribution in [0.1, 0.15) is 37.1 Å². The number of nitrogens with one attached hydrogen (secondary N) is 3. The van der Waals surface area contributed by atoms with Crippen LogP contribution in [0.3, 0.4) is 0 Å². The van der Waals surface area contributed by atoms with Gasteiger partial charge in [0.25, 0.3) is 0 Å². The van der Waals surface area contributed by atoms with Gasteiger partial charge in [-0.1, -0.05) is 25.0 Å². The first-order valence-electron chi connectivity index (χ1n) is 13.5. The highest BCUT2D eigenvalue weighted by Crippen LogP contribution is 2.18. The van der Waals surface area contributed by atoms with Gasteiger partial charge in [-0.2, -0.15) is 10.2 Å². The highest BCUT2D eigenvalue weighted by molar-refractivity contribution is 5.98. The highest BCUT2D eigenvalue weighted by Gasteiger charge is 2.21. The molecule has 0 aliphatic rings. The highest BCUT2D eigenvalue weighted by atomic mass is 16.2. The van der Waals surface area contributed by atoms with E-state index < -0.39 is 6.04 Å². The summed E-state index contributed by atoms with van der Waals surface area (Å²) in [6.07, 6.45) is 5.73. The fourth-order valence-electron chi connectivity index (χ4n) is 3.45. The van der Waals surface area contributed by atoms with Crippen LogP contribution in [-0.4, -0.2) is 76.8 Å². The lowest BCUT2D eigenvalue weighted by molar-refractivity contribution is -0.132. The molecule has 11 heteroatoms. The molecule has 2 amide bonds. The van der Waals surface area contributed by atoms with Crippen LogP contribution in [0.25, 0.3) is 0 Å². The average Bonchev–Trinajstić information content (AvgIpc) is 2.99. The topological polar surface area (TPSA) is 139 Å². The summed E-state index contributed by atoms with van der Waals surface area (Å²) in [4.78, 5) is 41.9. The molecule has 0 spiro atoms. The van der Waals surface area contributed by atoms with Crippen molar-refractivity contribution < 1.29 is 9.59 Å². The molecule has 216 valence electrons. The van der Waals surface area contributed by atoms with E-state index in [1.54, 1.807) is 68.7 Å². The molecule has 0 aliphatic carbocycles. The first kappa shape index (κ1) is 31.3. The molecule has 0 unspecified atom stereocenters. The molecule has 0 saturated heterocycles. The van der Waals surface area contributed by atoms with Gasteiger partial charge in [0.1, 0.15) is 23.4 Å². The fraction of sp³-hybridized carbons (Fsp3) is 0.290. The van der Waals surface area contributed by atoms with E-state index in [0.717, 1.165) is 12.1 Å². The van der Waals surface area contributed by atoms with Gasteiger partial charge in [-0.15, -0.1) is 0 Å². The molecule has 0 bridgehead atoms. The zero-order chi connectivity index (χ0) is 30.5. The van der Waals surface area contributed by atoms with Gasteiger partial charge in [0, 0.05) is 31.9 Å². The molecule has 2 aromatic heterocycles. The van der Waals surface area contributed by atoms with Crippen LogP contribution in [0.5, 0.6) is 0 Å². The molecule has 0 saturated carbocycles. The normalized spacial score (nSPS) is 11.3. The number of aromatic nitrogens is 3. The van der Waals surface area contributed by atoms with Gasteiger partial charge >= 0.3 is 0 Å². The number of pyridine rings is 1. The largest absolute Gasteiger partial charge is 0.369 e. The molecule has 1 atom stereocenters. The summed E-state index contributed by atoms with van der Waals surface area (Å²) in [6.45, 7) is 5.03. The number of rotatable bonds is 11. The number of likely N-dealkylation sites (N-methyl/N-ethyl adjacent to an activating group) is 2. The maximum absolute atomic E-state index is 12.8. The van der Waals surface area contributed by atoms with Crippen LogP contribution in [0.4, 0.5) is 23.3 Å². The third kappa shape index (κ3) is 9.44. The quantitative estimate of drug-likeness (QED) is 0.235. The molecule has 3 rings (SSSR count). The van der Waals surface area contributed by atoms with E-state index in [0.29, 0.717) is 47.5 Å². The number of nitrogens with zero attached hydrogens (tertiary/aromatic N) is 6. The van der Waals surface area contributed by atoms with E-state index >= 15 is 0 Å². The molecule has 0 radical (unpaired) electrons. The van der Waals surface area contributed by atoms with Gasteiger partial charge in [0.15, 0.2) is 0 Å². The predicted molar refractivity (Wildman–Crippen MR) is 164 cm³/mol. The second-order valence-corrected chi connectivity index (χ2v) is 9.63. The Balaban J connectivity index is 1.72. The Morgan fingerprint density at radius 3 is 2.52 bits per heavy atom. The van der Waals surface area contributed by atoms with Crippen LogP contribution < -0.4 is 16.0 Å². The molecule has 11 nitrogen and oxygen atoms in total. The van der Waals surface area contributed by atoms with E-state index in [-0.39, 0.29) is 11.8 Å². The first-order valence-corrected chi connectivity index (χ1v) is 13.5. The van der Waals surface area contributed by atoms with Gasteiger partial charge in [0.05, 0.1) is 23.4 Å². The first-order chi connectivity index (χ1) is 20.2. The van der Waals surface area contributed by atoms with Gasteiger partial charge in [-0.05, 0) is 69.8 Å². The summed E-state index contributed by atoms with van der Waals surface area (Å²) < 4.78 is 0. The Kier molecular flexibility index (Phi) is 11.5. The van der Waals surface area contributed by atoms with E-state index in [1.165, 1.54) is 11.0 Å². The lowest BCUT2D eigenvalue weighted by Crippen LogP contribution is -2.42. The number of carbonyl (C=O) groups is 2. The van der Waals surface area contributed by atoms with Gasteiger partial charge < -0.3 is 25.8 Å². The van der Waals surface area contributed by atoms with E-state index in [2.05, 4.69) is 55.7 Å². The molecule has 0 fully saturated rings.